The number of nitrogens with zero attached hydrogens (tertiary/aromatic N) is 1. The molecule has 0 aliphatic rings. The van der Waals surface area contributed by atoms with Gasteiger partial charge in [-0.2, -0.15) is 0 Å². The second-order valence-electron chi connectivity index (χ2n) is 3.40. The fourth-order valence-corrected chi connectivity index (χ4v) is 1.04. The van der Waals surface area contributed by atoms with E-state index in [1.165, 1.54) is 4.90 Å². The van der Waals surface area contributed by atoms with Crippen molar-refractivity contribution in [2.45, 2.75) is 26.8 Å². The van der Waals surface area contributed by atoms with E-state index in [4.69, 9.17) is 9.47 Å². The summed E-state index contributed by atoms with van der Waals surface area (Å²) in [5.74, 6) is -1.65. The van der Waals surface area contributed by atoms with Gasteiger partial charge < -0.3 is 19.7 Å². The largest absolute Gasteiger partial charge is 0.464 e. The zero-order valence-corrected chi connectivity index (χ0v) is 11.2. The maximum Gasteiger partial charge on any atom is 0.340 e. The van der Waals surface area contributed by atoms with Gasteiger partial charge in [0.15, 0.2) is 0 Å². The molecule has 0 bridgehead atoms. The molecule has 7 heteroatoms. The Morgan fingerprint density at radius 1 is 1.06 bits per heavy atom. The van der Waals surface area contributed by atoms with Gasteiger partial charge in [0, 0.05) is 13.6 Å². The Labute approximate surface area is 106 Å². The Morgan fingerprint density at radius 2 is 1.50 bits per heavy atom. The van der Waals surface area contributed by atoms with Crippen molar-refractivity contribution < 1.29 is 23.9 Å². The van der Waals surface area contributed by atoms with Crippen LogP contribution in [0.15, 0.2) is 0 Å². The first-order valence-corrected chi connectivity index (χ1v) is 5.82. The summed E-state index contributed by atoms with van der Waals surface area (Å²) in [6.07, 6.45) is 0. The number of amides is 2. The van der Waals surface area contributed by atoms with Crippen LogP contribution in [-0.4, -0.2) is 55.7 Å². The van der Waals surface area contributed by atoms with Crippen molar-refractivity contribution in [3.8, 4) is 0 Å². The van der Waals surface area contributed by atoms with E-state index in [0.29, 0.717) is 6.54 Å². The van der Waals surface area contributed by atoms with Crippen molar-refractivity contribution in [1.29, 1.82) is 0 Å². The van der Waals surface area contributed by atoms with Crippen LogP contribution in [0.25, 0.3) is 0 Å². The van der Waals surface area contributed by atoms with Crippen molar-refractivity contribution in [2.24, 2.45) is 0 Å². The molecule has 104 valence electrons. The Morgan fingerprint density at radius 3 is 1.83 bits per heavy atom. The quantitative estimate of drug-likeness (QED) is 0.542. The highest BCUT2D eigenvalue weighted by molar-refractivity contribution is 6.02. The van der Waals surface area contributed by atoms with E-state index >= 15 is 0 Å². The van der Waals surface area contributed by atoms with Gasteiger partial charge >= 0.3 is 18.0 Å². The molecule has 0 aromatic rings. The van der Waals surface area contributed by atoms with Gasteiger partial charge in [0.2, 0.25) is 6.04 Å². The van der Waals surface area contributed by atoms with Gasteiger partial charge in [-0.05, 0) is 20.8 Å². The summed E-state index contributed by atoms with van der Waals surface area (Å²) in [7, 11) is 1.54. The van der Waals surface area contributed by atoms with E-state index in [2.05, 4.69) is 5.32 Å². The Hall–Kier alpha value is -1.79. The molecule has 0 aliphatic heterocycles. The van der Waals surface area contributed by atoms with Gasteiger partial charge in [-0.25, -0.2) is 14.4 Å². The number of nitrogens with one attached hydrogen (secondary N) is 1. The van der Waals surface area contributed by atoms with E-state index < -0.39 is 24.0 Å². The number of hydrogen-bond donors (Lipinski definition) is 1. The van der Waals surface area contributed by atoms with Crippen LogP contribution in [0.2, 0.25) is 0 Å². The van der Waals surface area contributed by atoms with Gasteiger partial charge in [0.1, 0.15) is 0 Å². The van der Waals surface area contributed by atoms with Crippen LogP contribution < -0.4 is 5.32 Å². The molecule has 1 N–H and O–H groups in total. The standard InChI is InChI=1S/C11H20N2O5/c1-5-13(4)11(16)12-8(9(14)17-6-2)10(15)18-7-3/h8H,5-7H2,1-4H3,(H,12,16). The molecule has 2 amide bonds. The second kappa shape index (κ2) is 8.32. The molecule has 0 fully saturated rings. The number of carbonyl (C=O) groups excluding carboxylic acids is 3. The maximum absolute atomic E-state index is 11.6. The number of carbonyl (C=O) groups is 3. The molecule has 0 radical (unpaired) electrons. The highest BCUT2D eigenvalue weighted by Gasteiger charge is 2.31. The van der Waals surface area contributed by atoms with Crippen LogP contribution >= 0.6 is 0 Å². The van der Waals surface area contributed by atoms with E-state index in [0.717, 1.165) is 0 Å². The fourth-order valence-electron chi connectivity index (χ4n) is 1.04. The lowest BCUT2D eigenvalue weighted by atomic mass is 10.3. The molecular weight excluding hydrogens is 240 g/mol. The lowest BCUT2D eigenvalue weighted by molar-refractivity contribution is -0.157. The highest BCUT2D eigenvalue weighted by atomic mass is 16.6. The van der Waals surface area contributed by atoms with Crippen LogP contribution in [0.1, 0.15) is 20.8 Å². The first kappa shape index (κ1) is 16.2. The third-order valence-corrected chi connectivity index (χ3v) is 2.13. The topological polar surface area (TPSA) is 84.9 Å². The summed E-state index contributed by atoms with van der Waals surface area (Å²) >= 11 is 0. The first-order chi connectivity index (χ1) is 8.47. The van der Waals surface area contributed by atoms with Crippen LogP contribution in [0.5, 0.6) is 0 Å². The predicted molar refractivity (Wildman–Crippen MR) is 63.9 cm³/mol. The molecule has 0 unspecified atom stereocenters. The first-order valence-electron chi connectivity index (χ1n) is 5.82. The third-order valence-electron chi connectivity index (χ3n) is 2.13. The second-order valence-corrected chi connectivity index (χ2v) is 3.40. The highest BCUT2D eigenvalue weighted by Crippen LogP contribution is 1.96. The van der Waals surface area contributed by atoms with Gasteiger partial charge in [-0.15, -0.1) is 0 Å². The molecule has 0 saturated heterocycles. The van der Waals surface area contributed by atoms with Crippen LogP contribution in [-0.2, 0) is 19.1 Å². The molecule has 7 nitrogen and oxygen atoms in total. The minimum Gasteiger partial charge on any atom is -0.464 e. The molecule has 0 aromatic carbocycles. The van der Waals surface area contributed by atoms with E-state index in [1.54, 1.807) is 27.8 Å². The third kappa shape index (κ3) is 5.03. The molecule has 0 aliphatic carbocycles. The minimum absolute atomic E-state index is 0.119. The molecule has 18 heavy (non-hydrogen) atoms. The van der Waals surface area contributed by atoms with Crippen molar-refractivity contribution in [3.05, 3.63) is 0 Å². The van der Waals surface area contributed by atoms with Crippen molar-refractivity contribution in [3.63, 3.8) is 0 Å². The molecule has 0 spiro atoms. The summed E-state index contributed by atoms with van der Waals surface area (Å²) in [5, 5.41) is 2.27. The van der Waals surface area contributed by atoms with Crippen molar-refractivity contribution in [2.75, 3.05) is 26.8 Å². The lowest BCUT2D eigenvalue weighted by Gasteiger charge is -2.20. The monoisotopic (exact) mass is 260 g/mol. The van der Waals surface area contributed by atoms with Crippen LogP contribution in [0.4, 0.5) is 4.79 Å². The average molecular weight is 260 g/mol. The summed E-state index contributed by atoms with van der Waals surface area (Å²) in [5.41, 5.74) is 0. The Kier molecular flexibility index (Phi) is 7.50. The van der Waals surface area contributed by atoms with E-state index in [-0.39, 0.29) is 13.2 Å². The number of rotatable bonds is 6. The van der Waals surface area contributed by atoms with Crippen molar-refractivity contribution >= 4 is 18.0 Å². The summed E-state index contributed by atoms with van der Waals surface area (Å²) in [4.78, 5) is 36.0. The van der Waals surface area contributed by atoms with Gasteiger partial charge in [-0.3, -0.25) is 0 Å². The summed E-state index contributed by atoms with van der Waals surface area (Å²) < 4.78 is 9.43. The number of urea groups is 1. The lowest BCUT2D eigenvalue weighted by Crippen LogP contribution is -2.51. The molecule has 0 atom stereocenters. The Balaban J connectivity index is 4.71. The molecule has 0 aromatic heterocycles. The average Bonchev–Trinajstić information content (AvgIpc) is 2.34. The van der Waals surface area contributed by atoms with Gasteiger partial charge in [0.05, 0.1) is 13.2 Å². The van der Waals surface area contributed by atoms with Crippen LogP contribution in [0.3, 0.4) is 0 Å². The summed E-state index contributed by atoms with van der Waals surface area (Å²) in [6, 6.07) is -1.96. The molecular formula is C11H20N2O5. The van der Waals surface area contributed by atoms with Crippen LogP contribution in [0, 0.1) is 0 Å². The Bertz CT molecular complexity index is 288. The van der Waals surface area contributed by atoms with Crippen molar-refractivity contribution in [1.82, 2.24) is 10.2 Å². The molecule has 0 heterocycles. The number of ether oxygens (including phenoxy) is 2. The van der Waals surface area contributed by atoms with E-state index in [1.807, 2.05) is 0 Å². The SMILES string of the molecule is CCOC(=O)C(NC(=O)N(C)CC)C(=O)OCC. The molecule has 0 rings (SSSR count). The minimum atomic E-state index is -1.42. The fraction of sp³-hybridized carbons (Fsp3) is 0.727. The van der Waals surface area contributed by atoms with E-state index in [9.17, 15) is 14.4 Å². The zero-order chi connectivity index (χ0) is 14.1. The van der Waals surface area contributed by atoms with Gasteiger partial charge in [0.25, 0.3) is 0 Å². The normalized spacial score (nSPS) is 9.83. The maximum atomic E-state index is 11.6. The predicted octanol–water partition coefficient (Wildman–Crippen LogP) is 0.143. The smallest absolute Gasteiger partial charge is 0.340 e. The number of esters is 2. The molecule has 0 saturated carbocycles. The number of hydrogen-bond acceptors (Lipinski definition) is 5. The summed E-state index contributed by atoms with van der Waals surface area (Å²) in [6.45, 7) is 5.68. The van der Waals surface area contributed by atoms with Gasteiger partial charge in [-0.1, -0.05) is 0 Å². The zero-order valence-electron chi connectivity index (χ0n) is 11.2.